The van der Waals surface area contributed by atoms with E-state index >= 15 is 0 Å². The molecule has 0 heterocycles. The summed E-state index contributed by atoms with van der Waals surface area (Å²) in [6.45, 7) is 0. The summed E-state index contributed by atoms with van der Waals surface area (Å²) < 4.78 is 6.34. The van der Waals surface area contributed by atoms with E-state index in [1.165, 1.54) is 9.13 Å². The molecule has 0 radical (unpaired) electrons. The van der Waals surface area contributed by atoms with Crippen molar-refractivity contribution in [3.8, 4) is 5.75 Å². The molecule has 3 heteroatoms. The van der Waals surface area contributed by atoms with Gasteiger partial charge in [-0.1, -0.05) is 23.7 Å². The molecular weight excluding hydrogens is 347 g/mol. The Morgan fingerprint density at radius 3 is 2.47 bits per heavy atom. The summed E-state index contributed by atoms with van der Waals surface area (Å²) in [5, 5.41) is 0.821. The molecule has 88 valence electrons. The van der Waals surface area contributed by atoms with Gasteiger partial charge in [0.2, 0.25) is 0 Å². The molecule has 0 atom stereocenters. The predicted molar refractivity (Wildman–Crippen MR) is 80.0 cm³/mol. The standard InChI is InChI=1S/C14H12ClIO/c1-17-13-5-2-10(3-6-13)8-11-9-12(16)4-7-14(11)15/h2-7,9H,8H2,1H3. The van der Waals surface area contributed by atoms with Gasteiger partial charge in [-0.3, -0.25) is 0 Å². The Morgan fingerprint density at radius 1 is 1.12 bits per heavy atom. The van der Waals surface area contributed by atoms with Crippen molar-refractivity contribution in [2.75, 3.05) is 7.11 Å². The Hall–Kier alpha value is -0.740. The van der Waals surface area contributed by atoms with Crippen molar-refractivity contribution in [1.82, 2.24) is 0 Å². The van der Waals surface area contributed by atoms with Gasteiger partial charge in [-0.15, -0.1) is 0 Å². The molecule has 0 fully saturated rings. The fourth-order valence-electron chi connectivity index (χ4n) is 1.64. The molecule has 2 rings (SSSR count). The third-order valence-electron chi connectivity index (χ3n) is 2.56. The molecule has 0 bridgehead atoms. The molecule has 0 aromatic heterocycles. The van der Waals surface area contributed by atoms with Crippen LogP contribution in [0.2, 0.25) is 5.02 Å². The van der Waals surface area contributed by atoms with Crippen molar-refractivity contribution < 1.29 is 4.74 Å². The minimum Gasteiger partial charge on any atom is -0.497 e. The van der Waals surface area contributed by atoms with Crippen LogP contribution in [0.25, 0.3) is 0 Å². The van der Waals surface area contributed by atoms with E-state index in [2.05, 4.69) is 40.8 Å². The zero-order valence-corrected chi connectivity index (χ0v) is 12.3. The highest BCUT2D eigenvalue weighted by Gasteiger charge is 2.03. The number of methoxy groups -OCH3 is 1. The molecule has 0 spiro atoms. The Balaban J connectivity index is 2.22. The molecule has 2 aromatic rings. The van der Waals surface area contributed by atoms with Crippen LogP contribution in [0.3, 0.4) is 0 Å². The van der Waals surface area contributed by atoms with Crippen molar-refractivity contribution in [3.05, 3.63) is 62.2 Å². The lowest BCUT2D eigenvalue weighted by atomic mass is 10.1. The quantitative estimate of drug-likeness (QED) is 0.732. The van der Waals surface area contributed by atoms with Gasteiger partial charge in [0.1, 0.15) is 5.75 Å². The van der Waals surface area contributed by atoms with E-state index in [4.69, 9.17) is 16.3 Å². The Morgan fingerprint density at radius 2 is 1.82 bits per heavy atom. The van der Waals surface area contributed by atoms with E-state index in [1.807, 2.05) is 24.3 Å². The summed E-state index contributed by atoms with van der Waals surface area (Å²) in [7, 11) is 1.67. The fraction of sp³-hybridized carbons (Fsp3) is 0.143. The maximum atomic E-state index is 6.18. The van der Waals surface area contributed by atoms with Gasteiger partial charge in [-0.25, -0.2) is 0 Å². The predicted octanol–water partition coefficient (Wildman–Crippen LogP) is 4.54. The number of halogens is 2. The van der Waals surface area contributed by atoms with Crippen LogP contribution >= 0.6 is 34.2 Å². The first-order chi connectivity index (χ1) is 8.19. The Labute approximate surface area is 120 Å². The molecule has 0 aliphatic carbocycles. The topological polar surface area (TPSA) is 9.23 Å². The van der Waals surface area contributed by atoms with E-state index in [0.29, 0.717) is 0 Å². The largest absolute Gasteiger partial charge is 0.497 e. The van der Waals surface area contributed by atoms with Crippen molar-refractivity contribution >= 4 is 34.2 Å². The average molecular weight is 359 g/mol. The van der Waals surface area contributed by atoms with Crippen LogP contribution in [-0.4, -0.2) is 7.11 Å². The van der Waals surface area contributed by atoms with Gasteiger partial charge < -0.3 is 4.74 Å². The van der Waals surface area contributed by atoms with Crippen LogP contribution < -0.4 is 4.74 Å². The summed E-state index contributed by atoms with van der Waals surface area (Å²) in [6.07, 6.45) is 0.847. The second kappa shape index (κ2) is 5.74. The fourth-order valence-corrected chi connectivity index (χ4v) is 2.38. The SMILES string of the molecule is COc1ccc(Cc2cc(I)ccc2Cl)cc1. The van der Waals surface area contributed by atoms with E-state index < -0.39 is 0 Å². The molecule has 17 heavy (non-hydrogen) atoms. The third-order valence-corrected chi connectivity index (χ3v) is 3.60. The van der Waals surface area contributed by atoms with E-state index in [0.717, 1.165) is 22.8 Å². The minimum atomic E-state index is 0.821. The molecular formula is C14H12ClIO. The Bertz CT molecular complexity index is 508. The van der Waals surface area contributed by atoms with Gasteiger partial charge in [0, 0.05) is 8.59 Å². The third kappa shape index (κ3) is 3.36. The smallest absolute Gasteiger partial charge is 0.118 e. The molecule has 0 saturated heterocycles. The summed E-state index contributed by atoms with van der Waals surface area (Å²) in [4.78, 5) is 0. The maximum absolute atomic E-state index is 6.18. The second-order valence-corrected chi connectivity index (χ2v) is 5.41. The van der Waals surface area contributed by atoms with Crippen LogP contribution in [-0.2, 0) is 6.42 Å². The number of rotatable bonds is 3. The van der Waals surface area contributed by atoms with Crippen LogP contribution in [0.1, 0.15) is 11.1 Å². The Kier molecular flexibility index (Phi) is 4.29. The molecule has 0 unspecified atom stereocenters. The number of hydrogen-bond acceptors (Lipinski definition) is 1. The number of ether oxygens (including phenoxy) is 1. The zero-order chi connectivity index (χ0) is 12.3. The minimum absolute atomic E-state index is 0.821. The van der Waals surface area contributed by atoms with E-state index in [1.54, 1.807) is 7.11 Å². The summed E-state index contributed by atoms with van der Waals surface area (Å²) in [6, 6.07) is 14.1. The van der Waals surface area contributed by atoms with Crippen molar-refractivity contribution in [2.45, 2.75) is 6.42 Å². The highest BCUT2D eigenvalue weighted by atomic mass is 127. The second-order valence-electron chi connectivity index (χ2n) is 3.76. The molecule has 1 nitrogen and oxygen atoms in total. The van der Waals surface area contributed by atoms with Gasteiger partial charge in [-0.05, 0) is 70.5 Å². The van der Waals surface area contributed by atoms with E-state index in [9.17, 15) is 0 Å². The van der Waals surface area contributed by atoms with Gasteiger partial charge in [0.05, 0.1) is 7.11 Å². The van der Waals surface area contributed by atoms with E-state index in [-0.39, 0.29) is 0 Å². The summed E-state index contributed by atoms with van der Waals surface area (Å²) >= 11 is 8.47. The molecule has 0 aliphatic rings. The van der Waals surface area contributed by atoms with Crippen LogP contribution in [0, 0.1) is 3.57 Å². The lowest BCUT2D eigenvalue weighted by Crippen LogP contribution is -1.91. The number of benzene rings is 2. The van der Waals surface area contributed by atoms with Crippen LogP contribution in [0.5, 0.6) is 5.75 Å². The maximum Gasteiger partial charge on any atom is 0.118 e. The normalized spacial score (nSPS) is 10.3. The highest BCUT2D eigenvalue weighted by Crippen LogP contribution is 2.22. The van der Waals surface area contributed by atoms with Gasteiger partial charge in [-0.2, -0.15) is 0 Å². The zero-order valence-electron chi connectivity index (χ0n) is 9.41. The first-order valence-electron chi connectivity index (χ1n) is 5.26. The molecule has 0 saturated carbocycles. The van der Waals surface area contributed by atoms with Crippen molar-refractivity contribution in [3.63, 3.8) is 0 Å². The first kappa shape index (κ1) is 12.7. The summed E-state index contributed by atoms with van der Waals surface area (Å²) in [5.74, 6) is 0.877. The summed E-state index contributed by atoms with van der Waals surface area (Å²) in [5.41, 5.74) is 2.39. The highest BCUT2D eigenvalue weighted by molar-refractivity contribution is 14.1. The molecule has 0 aliphatic heterocycles. The number of hydrogen-bond donors (Lipinski definition) is 0. The average Bonchev–Trinajstić information content (AvgIpc) is 2.35. The van der Waals surface area contributed by atoms with Crippen molar-refractivity contribution in [1.29, 1.82) is 0 Å². The van der Waals surface area contributed by atoms with Gasteiger partial charge in [0.25, 0.3) is 0 Å². The van der Waals surface area contributed by atoms with Gasteiger partial charge >= 0.3 is 0 Å². The van der Waals surface area contributed by atoms with Crippen molar-refractivity contribution in [2.24, 2.45) is 0 Å². The van der Waals surface area contributed by atoms with Crippen LogP contribution in [0.4, 0.5) is 0 Å². The first-order valence-corrected chi connectivity index (χ1v) is 6.71. The van der Waals surface area contributed by atoms with Crippen LogP contribution in [0.15, 0.2) is 42.5 Å². The molecule has 2 aromatic carbocycles. The molecule has 0 N–H and O–H groups in total. The monoisotopic (exact) mass is 358 g/mol. The van der Waals surface area contributed by atoms with Gasteiger partial charge in [0.15, 0.2) is 0 Å². The lowest BCUT2D eigenvalue weighted by Gasteiger charge is -2.06. The lowest BCUT2D eigenvalue weighted by molar-refractivity contribution is 0.414. The molecule has 0 amide bonds.